The van der Waals surface area contributed by atoms with Crippen LogP contribution >= 0.6 is 0 Å². The maximum Gasteiger partial charge on any atom is 0.223 e. The van der Waals surface area contributed by atoms with E-state index in [4.69, 9.17) is 0 Å². The van der Waals surface area contributed by atoms with Crippen LogP contribution in [0, 0.1) is 11.8 Å². The van der Waals surface area contributed by atoms with Gasteiger partial charge in [-0.2, -0.15) is 0 Å². The van der Waals surface area contributed by atoms with Crippen LogP contribution in [0.3, 0.4) is 0 Å². The van der Waals surface area contributed by atoms with E-state index in [1.165, 1.54) is 38.5 Å². The summed E-state index contributed by atoms with van der Waals surface area (Å²) in [6.07, 6.45) is 9.70. The van der Waals surface area contributed by atoms with Crippen LogP contribution in [0.1, 0.15) is 58.3 Å². The third-order valence-electron chi connectivity index (χ3n) is 4.09. The summed E-state index contributed by atoms with van der Waals surface area (Å²) in [6, 6.07) is 0.497. The molecule has 2 heteroatoms. The minimum Gasteiger partial charge on any atom is -0.353 e. The monoisotopic (exact) mass is 209 g/mol. The third-order valence-corrected chi connectivity index (χ3v) is 4.09. The SMILES string of the molecule is CC1CCC(C(=O)NC2CCCC2)CC1. The van der Waals surface area contributed by atoms with Crippen LogP contribution in [0.5, 0.6) is 0 Å². The first kappa shape index (κ1) is 11.0. The van der Waals surface area contributed by atoms with Gasteiger partial charge < -0.3 is 5.32 Å². The molecule has 86 valence electrons. The van der Waals surface area contributed by atoms with E-state index in [9.17, 15) is 4.79 Å². The Kier molecular flexibility index (Phi) is 3.66. The second-order valence-corrected chi connectivity index (χ2v) is 5.45. The summed E-state index contributed by atoms with van der Waals surface area (Å²) >= 11 is 0. The molecule has 0 aromatic carbocycles. The van der Waals surface area contributed by atoms with Gasteiger partial charge in [-0.05, 0) is 44.4 Å². The summed E-state index contributed by atoms with van der Waals surface area (Å²) in [6.45, 7) is 2.30. The molecule has 0 aromatic rings. The van der Waals surface area contributed by atoms with Crippen molar-refractivity contribution in [3.05, 3.63) is 0 Å². The molecule has 2 fully saturated rings. The molecule has 0 spiro atoms. The zero-order chi connectivity index (χ0) is 10.7. The molecule has 2 nitrogen and oxygen atoms in total. The smallest absolute Gasteiger partial charge is 0.223 e. The van der Waals surface area contributed by atoms with E-state index in [0.29, 0.717) is 17.9 Å². The molecule has 0 heterocycles. The second-order valence-electron chi connectivity index (χ2n) is 5.45. The standard InChI is InChI=1S/C13H23NO/c1-10-6-8-11(9-7-10)13(15)14-12-4-2-3-5-12/h10-12H,2-9H2,1H3,(H,14,15). The highest BCUT2D eigenvalue weighted by Crippen LogP contribution is 2.29. The highest BCUT2D eigenvalue weighted by atomic mass is 16.1. The zero-order valence-corrected chi connectivity index (χ0v) is 9.80. The largest absolute Gasteiger partial charge is 0.353 e. The number of carbonyl (C=O) groups is 1. The number of carbonyl (C=O) groups excluding carboxylic acids is 1. The maximum absolute atomic E-state index is 11.9. The second kappa shape index (κ2) is 5.00. The fourth-order valence-electron chi connectivity index (χ4n) is 2.91. The molecule has 15 heavy (non-hydrogen) atoms. The molecule has 0 aliphatic heterocycles. The first-order valence-corrected chi connectivity index (χ1v) is 6.56. The number of hydrogen-bond donors (Lipinski definition) is 1. The Labute approximate surface area is 92.8 Å². The number of nitrogens with one attached hydrogen (secondary N) is 1. The highest BCUT2D eigenvalue weighted by molar-refractivity contribution is 5.79. The summed E-state index contributed by atoms with van der Waals surface area (Å²) in [5.41, 5.74) is 0. The average Bonchev–Trinajstić information content (AvgIpc) is 2.71. The minimum atomic E-state index is 0.321. The molecule has 0 aromatic heterocycles. The van der Waals surface area contributed by atoms with Crippen molar-refractivity contribution in [1.29, 1.82) is 0 Å². The summed E-state index contributed by atoms with van der Waals surface area (Å²) < 4.78 is 0. The molecular formula is C13H23NO. The van der Waals surface area contributed by atoms with Gasteiger partial charge in [0.2, 0.25) is 5.91 Å². The lowest BCUT2D eigenvalue weighted by Crippen LogP contribution is -2.38. The van der Waals surface area contributed by atoms with Gasteiger partial charge >= 0.3 is 0 Å². The van der Waals surface area contributed by atoms with Gasteiger partial charge in [0.1, 0.15) is 0 Å². The minimum absolute atomic E-state index is 0.321. The summed E-state index contributed by atoms with van der Waals surface area (Å²) in [5.74, 6) is 1.50. The first-order valence-electron chi connectivity index (χ1n) is 6.56. The molecule has 0 saturated heterocycles. The lowest BCUT2D eigenvalue weighted by molar-refractivity contribution is -0.126. The quantitative estimate of drug-likeness (QED) is 0.744. The summed E-state index contributed by atoms with van der Waals surface area (Å²) in [4.78, 5) is 11.9. The molecule has 0 bridgehead atoms. The van der Waals surface area contributed by atoms with Crippen LogP contribution in [0.2, 0.25) is 0 Å². The summed E-state index contributed by atoms with van der Waals surface area (Å²) in [7, 11) is 0. The number of amides is 1. The molecule has 2 aliphatic rings. The molecule has 2 aliphatic carbocycles. The van der Waals surface area contributed by atoms with Crippen molar-refractivity contribution < 1.29 is 4.79 Å². The Bertz CT molecular complexity index is 213. The number of hydrogen-bond acceptors (Lipinski definition) is 1. The Balaban J connectivity index is 1.75. The van der Waals surface area contributed by atoms with E-state index in [2.05, 4.69) is 12.2 Å². The van der Waals surface area contributed by atoms with Gasteiger partial charge in [-0.3, -0.25) is 4.79 Å². The summed E-state index contributed by atoms with van der Waals surface area (Å²) in [5, 5.41) is 3.22. The van der Waals surface area contributed by atoms with Crippen LogP contribution in [-0.2, 0) is 4.79 Å². The van der Waals surface area contributed by atoms with Gasteiger partial charge in [-0.1, -0.05) is 19.8 Å². The maximum atomic E-state index is 11.9. The predicted molar refractivity (Wildman–Crippen MR) is 61.5 cm³/mol. The van der Waals surface area contributed by atoms with Crippen LogP contribution in [0.25, 0.3) is 0 Å². The Morgan fingerprint density at radius 3 is 2.20 bits per heavy atom. The normalized spacial score (nSPS) is 32.9. The van der Waals surface area contributed by atoms with Gasteiger partial charge in [0.15, 0.2) is 0 Å². The molecule has 0 atom stereocenters. The van der Waals surface area contributed by atoms with Gasteiger partial charge in [-0.25, -0.2) is 0 Å². The Morgan fingerprint density at radius 1 is 1.00 bits per heavy atom. The van der Waals surface area contributed by atoms with Crippen LogP contribution < -0.4 is 5.32 Å². The van der Waals surface area contributed by atoms with Crippen molar-refractivity contribution in [3.63, 3.8) is 0 Å². The predicted octanol–water partition coefficient (Wildman–Crippen LogP) is 2.87. The van der Waals surface area contributed by atoms with Gasteiger partial charge in [0, 0.05) is 12.0 Å². The van der Waals surface area contributed by atoms with Crippen molar-refractivity contribution in [2.75, 3.05) is 0 Å². The van der Waals surface area contributed by atoms with Crippen molar-refractivity contribution in [3.8, 4) is 0 Å². The highest BCUT2D eigenvalue weighted by Gasteiger charge is 2.26. The lowest BCUT2D eigenvalue weighted by atomic mass is 9.82. The van der Waals surface area contributed by atoms with Gasteiger partial charge in [-0.15, -0.1) is 0 Å². The van der Waals surface area contributed by atoms with E-state index < -0.39 is 0 Å². The first-order chi connectivity index (χ1) is 7.25. The van der Waals surface area contributed by atoms with E-state index >= 15 is 0 Å². The molecule has 2 saturated carbocycles. The fourth-order valence-corrected chi connectivity index (χ4v) is 2.91. The van der Waals surface area contributed by atoms with Gasteiger partial charge in [0.05, 0.1) is 0 Å². The average molecular weight is 209 g/mol. The van der Waals surface area contributed by atoms with Crippen molar-refractivity contribution in [1.82, 2.24) is 5.32 Å². The van der Waals surface area contributed by atoms with E-state index in [0.717, 1.165) is 18.8 Å². The zero-order valence-electron chi connectivity index (χ0n) is 9.80. The molecule has 1 amide bonds. The molecular weight excluding hydrogens is 186 g/mol. The molecule has 2 rings (SSSR count). The van der Waals surface area contributed by atoms with Gasteiger partial charge in [0.25, 0.3) is 0 Å². The van der Waals surface area contributed by atoms with Crippen LogP contribution in [0.4, 0.5) is 0 Å². The fraction of sp³-hybridized carbons (Fsp3) is 0.923. The molecule has 0 radical (unpaired) electrons. The Hall–Kier alpha value is -0.530. The molecule has 1 N–H and O–H groups in total. The van der Waals surface area contributed by atoms with E-state index in [1.807, 2.05) is 0 Å². The molecule has 0 unspecified atom stereocenters. The van der Waals surface area contributed by atoms with E-state index in [-0.39, 0.29) is 0 Å². The van der Waals surface area contributed by atoms with Crippen molar-refractivity contribution >= 4 is 5.91 Å². The van der Waals surface area contributed by atoms with Crippen LogP contribution in [0.15, 0.2) is 0 Å². The van der Waals surface area contributed by atoms with Crippen molar-refractivity contribution in [2.45, 2.75) is 64.3 Å². The van der Waals surface area contributed by atoms with E-state index in [1.54, 1.807) is 0 Å². The van der Waals surface area contributed by atoms with Crippen LogP contribution in [-0.4, -0.2) is 11.9 Å². The van der Waals surface area contributed by atoms with Crippen molar-refractivity contribution in [2.24, 2.45) is 11.8 Å². The lowest BCUT2D eigenvalue weighted by Gasteiger charge is -2.26. The third kappa shape index (κ3) is 2.96. The topological polar surface area (TPSA) is 29.1 Å². The number of rotatable bonds is 2. The Morgan fingerprint density at radius 2 is 1.60 bits per heavy atom.